The van der Waals surface area contributed by atoms with Crippen molar-refractivity contribution in [2.45, 2.75) is 0 Å². The molecule has 0 fully saturated rings. The molecule has 4 N–H and O–H groups in total. The molecule has 0 bridgehead atoms. The summed E-state index contributed by atoms with van der Waals surface area (Å²) in [5, 5.41) is 0. The first-order chi connectivity index (χ1) is 10.9. The van der Waals surface area contributed by atoms with Gasteiger partial charge in [0.05, 0.1) is 27.0 Å². The maximum absolute atomic E-state index is 12.1. The SMILES string of the molecule is COC(=O)c1c(N)oc(-c2ccc(OC)c(N)c2)c1C(=O)OC. The zero-order valence-electron chi connectivity index (χ0n) is 12.8. The Morgan fingerprint density at radius 2 is 1.61 bits per heavy atom. The summed E-state index contributed by atoms with van der Waals surface area (Å²) >= 11 is 0. The fourth-order valence-corrected chi connectivity index (χ4v) is 2.13. The van der Waals surface area contributed by atoms with Crippen LogP contribution in [-0.2, 0) is 9.47 Å². The van der Waals surface area contributed by atoms with Gasteiger partial charge in [-0.2, -0.15) is 0 Å². The molecule has 0 aliphatic rings. The zero-order chi connectivity index (χ0) is 17.1. The second-order valence-corrected chi connectivity index (χ2v) is 4.49. The van der Waals surface area contributed by atoms with Crippen LogP contribution in [0.1, 0.15) is 20.7 Å². The van der Waals surface area contributed by atoms with Gasteiger partial charge in [0.2, 0.25) is 5.88 Å². The largest absolute Gasteiger partial charge is 0.495 e. The van der Waals surface area contributed by atoms with Crippen LogP contribution < -0.4 is 16.2 Å². The summed E-state index contributed by atoms with van der Waals surface area (Å²) in [5.74, 6) is -1.32. The average Bonchev–Trinajstić information content (AvgIpc) is 2.90. The summed E-state index contributed by atoms with van der Waals surface area (Å²) in [5.41, 5.74) is 12.0. The van der Waals surface area contributed by atoms with Gasteiger partial charge < -0.3 is 30.1 Å². The van der Waals surface area contributed by atoms with Crippen molar-refractivity contribution in [3.05, 3.63) is 29.3 Å². The minimum Gasteiger partial charge on any atom is -0.495 e. The van der Waals surface area contributed by atoms with Crippen LogP contribution in [-0.4, -0.2) is 33.3 Å². The van der Waals surface area contributed by atoms with E-state index in [1.54, 1.807) is 12.1 Å². The lowest BCUT2D eigenvalue weighted by Gasteiger charge is -2.07. The van der Waals surface area contributed by atoms with Crippen LogP contribution in [0, 0.1) is 0 Å². The quantitative estimate of drug-likeness (QED) is 0.643. The van der Waals surface area contributed by atoms with Crippen LogP contribution in [0.3, 0.4) is 0 Å². The van der Waals surface area contributed by atoms with Crippen molar-refractivity contribution in [3.63, 3.8) is 0 Å². The van der Waals surface area contributed by atoms with Crippen LogP contribution >= 0.6 is 0 Å². The minimum atomic E-state index is -0.806. The first-order valence-corrected chi connectivity index (χ1v) is 6.47. The molecule has 1 heterocycles. The number of methoxy groups -OCH3 is 3. The second-order valence-electron chi connectivity index (χ2n) is 4.49. The number of carbonyl (C=O) groups is 2. The van der Waals surface area contributed by atoms with E-state index >= 15 is 0 Å². The number of nitrogen functional groups attached to an aromatic ring is 2. The lowest BCUT2D eigenvalue weighted by Crippen LogP contribution is -2.11. The van der Waals surface area contributed by atoms with Gasteiger partial charge in [-0.25, -0.2) is 9.59 Å². The van der Waals surface area contributed by atoms with Crippen molar-refractivity contribution in [2.24, 2.45) is 0 Å². The van der Waals surface area contributed by atoms with Crippen molar-refractivity contribution in [1.29, 1.82) is 0 Å². The fraction of sp³-hybridized carbons (Fsp3) is 0.200. The van der Waals surface area contributed by atoms with Gasteiger partial charge in [-0.05, 0) is 18.2 Å². The highest BCUT2D eigenvalue weighted by Gasteiger charge is 2.31. The van der Waals surface area contributed by atoms with Crippen LogP contribution in [0.4, 0.5) is 11.6 Å². The number of nitrogens with two attached hydrogens (primary N) is 2. The summed E-state index contributed by atoms with van der Waals surface area (Å²) < 4.78 is 19.8. The molecule has 2 aromatic rings. The number of hydrogen-bond acceptors (Lipinski definition) is 8. The maximum Gasteiger partial charge on any atom is 0.344 e. The first kappa shape index (κ1) is 16.2. The average molecular weight is 320 g/mol. The van der Waals surface area contributed by atoms with Gasteiger partial charge in [-0.15, -0.1) is 0 Å². The molecule has 23 heavy (non-hydrogen) atoms. The van der Waals surface area contributed by atoms with Crippen molar-refractivity contribution >= 4 is 23.5 Å². The molecule has 122 valence electrons. The Morgan fingerprint density at radius 3 is 2.13 bits per heavy atom. The summed E-state index contributed by atoms with van der Waals surface area (Å²) in [6, 6.07) is 4.74. The van der Waals surface area contributed by atoms with E-state index in [-0.39, 0.29) is 22.8 Å². The molecule has 8 heteroatoms. The van der Waals surface area contributed by atoms with Crippen molar-refractivity contribution in [2.75, 3.05) is 32.8 Å². The number of carbonyl (C=O) groups excluding carboxylic acids is 2. The van der Waals surface area contributed by atoms with Gasteiger partial charge in [-0.1, -0.05) is 0 Å². The molecule has 1 aromatic carbocycles. The molecule has 0 saturated carbocycles. The molecule has 0 radical (unpaired) electrons. The van der Waals surface area contributed by atoms with Gasteiger partial charge in [0, 0.05) is 5.56 Å². The van der Waals surface area contributed by atoms with Gasteiger partial charge >= 0.3 is 11.9 Å². The Hall–Kier alpha value is -3.16. The molecule has 0 saturated heterocycles. The van der Waals surface area contributed by atoms with E-state index in [9.17, 15) is 9.59 Å². The third-order valence-corrected chi connectivity index (χ3v) is 3.21. The Labute approximate surface area is 131 Å². The van der Waals surface area contributed by atoms with E-state index in [1.807, 2.05) is 0 Å². The number of benzene rings is 1. The molecule has 0 atom stereocenters. The van der Waals surface area contributed by atoms with E-state index in [0.29, 0.717) is 17.0 Å². The lowest BCUT2D eigenvalue weighted by atomic mass is 10.0. The third kappa shape index (κ3) is 2.78. The predicted molar refractivity (Wildman–Crippen MR) is 82.2 cm³/mol. The standard InChI is InChI=1S/C15H16N2O6/c1-20-9-5-4-7(6-8(9)16)12-10(14(18)21-2)11(13(17)23-12)15(19)22-3/h4-6H,16-17H2,1-3H3. The topological polar surface area (TPSA) is 127 Å². The summed E-state index contributed by atoms with van der Waals surface area (Å²) in [4.78, 5) is 23.9. The number of anilines is 2. The summed E-state index contributed by atoms with van der Waals surface area (Å²) in [7, 11) is 3.82. The zero-order valence-corrected chi connectivity index (χ0v) is 12.8. The first-order valence-electron chi connectivity index (χ1n) is 6.47. The molecule has 8 nitrogen and oxygen atoms in total. The van der Waals surface area contributed by atoms with Crippen LogP contribution in [0.5, 0.6) is 5.75 Å². The Kier molecular flexibility index (Phi) is 4.44. The Bertz CT molecular complexity index is 766. The van der Waals surface area contributed by atoms with Crippen LogP contribution in [0.25, 0.3) is 11.3 Å². The molecule has 0 aliphatic heterocycles. The Balaban J connectivity index is 2.69. The number of hydrogen-bond donors (Lipinski definition) is 2. The predicted octanol–water partition coefficient (Wildman–Crippen LogP) is 1.69. The normalized spacial score (nSPS) is 10.2. The smallest absolute Gasteiger partial charge is 0.344 e. The van der Waals surface area contributed by atoms with Gasteiger partial charge in [0.25, 0.3) is 0 Å². The molecular weight excluding hydrogens is 304 g/mol. The minimum absolute atomic E-state index is 0.0594. The summed E-state index contributed by atoms with van der Waals surface area (Å²) in [6.45, 7) is 0. The van der Waals surface area contributed by atoms with Crippen molar-refractivity contribution < 1.29 is 28.2 Å². The monoisotopic (exact) mass is 320 g/mol. The van der Waals surface area contributed by atoms with E-state index in [2.05, 4.69) is 4.74 Å². The van der Waals surface area contributed by atoms with Gasteiger partial charge in [0.15, 0.2) is 5.76 Å². The number of rotatable bonds is 4. The van der Waals surface area contributed by atoms with Gasteiger partial charge in [-0.3, -0.25) is 0 Å². The molecule has 0 unspecified atom stereocenters. The van der Waals surface area contributed by atoms with E-state index in [4.69, 9.17) is 25.4 Å². The van der Waals surface area contributed by atoms with E-state index in [1.165, 1.54) is 27.4 Å². The van der Waals surface area contributed by atoms with E-state index in [0.717, 1.165) is 0 Å². The fourth-order valence-electron chi connectivity index (χ4n) is 2.13. The highest BCUT2D eigenvalue weighted by molar-refractivity contribution is 6.10. The number of ether oxygens (including phenoxy) is 3. The third-order valence-electron chi connectivity index (χ3n) is 3.21. The Morgan fingerprint density at radius 1 is 1.00 bits per heavy atom. The molecule has 0 aliphatic carbocycles. The molecule has 0 amide bonds. The molecule has 1 aromatic heterocycles. The summed E-state index contributed by atoms with van der Waals surface area (Å²) in [6.07, 6.45) is 0. The van der Waals surface area contributed by atoms with E-state index < -0.39 is 11.9 Å². The van der Waals surface area contributed by atoms with Crippen LogP contribution in [0.2, 0.25) is 0 Å². The lowest BCUT2D eigenvalue weighted by molar-refractivity contribution is 0.0558. The maximum atomic E-state index is 12.1. The van der Waals surface area contributed by atoms with Crippen LogP contribution in [0.15, 0.2) is 22.6 Å². The highest BCUT2D eigenvalue weighted by Crippen LogP contribution is 2.36. The molecule has 2 rings (SSSR count). The number of esters is 2. The number of furan rings is 1. The second kappa shape index (κ2) is 6.30. The molecule has 0 spiro atoms. The van der Waals surface area contributed by atoms with Gasteiger partial charge in [0.1, 0.15) is 16.9 Å². The molecular formula is C15H16N2O6. The van der Waals surface area contributed by atoms with Crippen molar-refractivity contribution in [3.8, 4) is 17.1 Å². The van der Waals surface area contributed by atoms with Crippen molar-refractivity contribution in [1.82, 2.24) is 0 Å². The highest BCUT2D eigenvalue weighted by atomic mass is 16.5.